The summed E-state index contributed by atoms with van der Waals surface area (Å²) in [5.74, 6) is 1.52. The standard InChI is InChI=1S/C17H15N7/c1-23-11-13(9-21-23)15-10-20-17-16(19-6-7-24(15)17)22-14-4-2-12(8-18)3-5-14/h2-7,9,11,15H,10H2,1H3,(H,19,22). The maximum atomic E-state index is 8.88. The van der Waals surface area contributed by atoms with Crippen molar-refractivity contribution < 1.29 is 0 Å². The smallest absolute Gasteiger partial charge is 0.173 e. The van der Waals surface area contributed by atoms with E-state index in [4.69, 9.17) is 5.26 Å². The van der Waals surface area contributed by atoms with Gasteiger partial charge in [-0.1, -0.05) is 0 Å². The number of fused-ring (bicyclic) bond motifs is 1. The van der Waals surface area contributed by atoms with Gasteiger partial charge in [-0.15, -0.1) is 0 Å². The van der Waals surface area contributed by atoms with E-state index in [1.165, 1.54) is 0 Å². The maximum Gasteiger partial charge on any atom is 0.173 e. The van der Waals surface area contributed by atoms with E-state index in [0.29, 0.717) is 17.9 Å². The topological polar surface area (TPSA) is 81.6 Å². The summed E-state index contributed by atoms with van der Waals surface area (Å²) in [6.07, 6.45) is 7.58. The molecular formula is C17H15N7. The van der Waals surface area contributed by atoms with Crippen molar-refractivity contribution in [1.29, 1.82) is 5.26 Å². The highest BCUT2D eigenvalue weighted by atomic mass is 15.3. The molecule has 1 N–H and O–H groups in total. The molecule has 7 heteroatoms. The van der Waals surface area contributed by atoms with Crippen LogP contribution in [0.5, 0.6) is 0 Å². The average molecular weight is 317 g/mol. The average Bonchev–Trinajstić information content (AvgIpc) is 3.22. The molecule has 1 unspecified atom stereocenters. The van der Waals surface area contributed by atoms with Gasteiger partial charge in [-0.3, -0.25) is 9.67 Å². The second-order valence-electron chi connectivity index (χ2n) is 5.62. The zero-order valence-corrected chi connectivity index (χ0v) is 13.1. The summed E-state index contributed by atoms with van der Waals surface area (Å²) in [6, 6.07) is 9.51. The number of nitrogens with zero attached hydrogens (tertiary/aromatic N) is 6. The van der Waals surface area contributed by atoms with Gasteiger partial charge < -0.3 is 10.2 Å². The van der Waals surface area contributed by atoms with E-state index < -0.39 is 0 Å². The number of benzene rings is 1. The summed E-state index contributed by atoms with van der Waals surface area (Å²) in [4.78, 5) is 11.2. The Morgan fingerprint density at radius 1 is 1.29 bits per heavy atom. The summed E-state index contributed by atoms with van der Waals surface area (Å²) in [7, 11) is 1.91. The first-order valence-corrected chi connectivity index (χ1v) is 7.58. The highest BCUT2D eigenvalue weighted by molar-refractivity contribution is 6.45. The van der Waals surface area contributed by atoms with Crippen LogP contribution in [0.4, 0.5) is 5.69 Å². The molecule has 118 valence electrons. The predicted molar refractivity (Wildman–Crippen MR) is 91.4 cm³/mol. The molecule has 0 fully saturated rings. The fourth-order valence-electron chi connectivity index (χ4n) is 2.83. The lowest BCUT2D eigenvalue weighted by Crippen LogP contribution is -2.37. The van der Waals surface area contributed by atoms with Gasteiger partial charge in [0.05, 0.1) is 30.4 Å². The molecule has 0 bridgehead atoms. The quantitative estimate of drug-likeness (QED) is 0.919. The first kappa shape index (κ1) is 14.2. The van der Waals surface area contributed by atoms with Crippen LogP contribution in [-0.2, 0) is 7.05 Å². The van der Waals surface area contributed by atoms with Crippen LogP contribution in [0.2, 0.25) is 0 Å². The van der Waals surface area contributed by atoms with Crippen LogP contribution in [0.15, 0.2) is 59.0 Å². The predicted octanol–water partition coefficient (Wildman–Crippen LogP) is 2.04. The summed E-state index contributed by atoms with van der Waals surface area (Å²) >= 11 is 0. The molecule has 0 spiro atoms. The largest absolute Gasteiger partial charge is 0.337 e. The molecule has 1 atom stereocenters. The molecule has 4 rings (SSSR count). The highest BCUT2D eigenvalue weighted by Crippen LogP contribution is 2.28. The van der Waals surface area contributed by atoms with E-state index in [1.807, 2.05) is 37.8 Å². The number of nitriles is 1. The van der Waals surface area contributed by atoms with E-state index in [0.717, 1.165) is 17.1 Å². The van der Waals surface area contributed by atoms with Crippen LogP contribution in [0.25, 0.3) is 0 Å². The monoisotopic (exact) mass is 317 g/mol. The van der Waals surface area contributed by atoms with Crippen LogP contribution >= 0.6 is 0 Å². The molecule has 0 radical (unpaired) electrons. The number of rotatable bonds is 2. The van der Waals surface area contributed by atoms with Crippen LogP contribution in [0.1, 0.15) is 17.2 Å². The van der Waals surface area contributed by atoms with Crippen molar-refractivity contribution in [2.24, 2.45) is 17.0 Å². The molecule has 24 heavy (non-hydrogen) atoms. The molecule has 0 saturated carbocycles. The van der Waals surface area contributed by atoms with Gasteiger partial charge in [-0.25, -0.2) is 4.99 Å². The van der Waals surface area contributed by atoms with E-state index in [9.17, 15) is 0 Å². The minimum absolute atomic E-state index is 0.137. The lowest BCUT2D eigenvalue weighted by Gasteiger charge is -2.26. The third-order valence-electron chi connectivity index (χ3n) is 4.02. The normalized spacial score (nSPS) is 18.7. The summed E-state index contributed by atoms with van der Waals surface area (Å²) in [6.45, 7) is 0.666. The molecule has 2 aliphatic heterocycles. The first-order valence-electron chi connectivity index (χ1n) is 7.58. The maximum absolute atomic E-state index is 8.88. The van der Waals surface area contributed by atoms with E-state index in [1.54, 1.807) is 23.0 Å². The number of anilines is 1. The molecule has 2 aromatic rings. The third-order valence-corrected chi connectivity index (χ3v) is 4.02. The number of hydrogen-bond acceptors (Lipinski definition) is 6. The van der Waals surface area contributed by atoms with Crippen molar-refractivity contribution in [3.05, 3.63) is 60.2 Å². The Hall–Kier alpha value is -3.40. The van der Waals surface area contributed by atoms with Gasteiger partial charge in [0.1, 0.15) is 0 Å². The van der Waals surface area contributed by atoms with Crippen LogP contribution in [0, 0.1) is 11.3 Å². The van der Waals surface area contributed by atoms with Crippen LogP contribution in [-0.4, -0.2) is 32.9 Å². The van der Waals surface area contributed by atoms with Gasteiger partial charge in [0.2, 0.25) is 0 Å². The fourth-order valence-corrected chi connectivity index (χ4v) is 2.83. The Kier molecular flexibility index (Phi) is 3.35. The van der Waals surface area contributed by atoms with Gasteiger partial charge in [0.15, 0.2) is 11.7 Å². The minimum atomic E-state index is 0.137. The zero-order chi connectivity index (χ0) is 16.5. The molecule has 1 aromatic heterocycles. The van der Waals surface area contributed by atoms with Crippen molar-refractivity contribution in [2.75, 3.05) is 11.9 Å². The number of hydrogen-bond donors (Lipinski definition) is 1. The molecule has 0 amide bonds. The SMILES string of the molecule is Cn1cc(C2CN=C3C(Nc4ccc(C#N)cc4)=NC=CN32)cn1. The van der Waals surface area contributed by atoms with Gasteiger partial charge in [0.25, 0.3) is 0 Å². The molecule has 7 nitrogen and oxygen atoms in total. The van der Waals surface area contributed by atoms with Crippen LogP contribution < -0.4 is 5.32 Å². The first-order chi connectivity index (χ1) is 11.7. The van der Waals surface area contributed by atoms with Crippen LogP contribution in [0.3, 0.4) is 0 Å². The number of amidine groups is 2. The Morgan fingerprint density at radius 2 is 2.12 bits per heavy atom. The Morgan fingerprint density at radius 3 is 2.83 bits per heavy atom. The van der Waals surface area contributed by atoms with Gasteiger partial charge in [0, 0.05) is 36.9 Å². The Labute approximate surface area is 139 Å². The summed E-state index contributed by atoms with van der Waals surface area (Å²) < 4.78 is 1.80. The highest BCUT2D eigenvalue weighted by Gasteiger charge is 2.32. The lowest BCUT2D eigenvalue weighted by molar-refractivity contribution is 0.458. The van der Waals surface area contributed by atoms with Crippen molar-refractivity contribution in [1.82, 2.24) is 14.7 Å². The molecule has 0 aliphatic carbocycles. The fraction of sp³-hybridized carbons (Fsp3) is 0.176. The van der Waals surface area contributed by atoms with Crippen molar-refractivity contribution in [3.8, 4) is 6.07 Å². The minimum Gasteiger partial charge on any atom is -0.337 e. The summed E-state index contributed by atoms with van der Waals surface area (Å²) in [5, 5.41) is 16.4. The van der Waals surface area contributed by atoms with E-state index >= 15 is 0 Å². The lowest BCUT2D eigenvalue weighted by atomic mass is 10.1. The zero-order valence-electron chi connectivity index (χ0n) is 13.1. The molecule has 0 saturated heterocycles. The molecule has 2 aliphatic rings. The Balaban J connectivity index is 1.55. The number of aryl methyl sites for hydroxylation is 1. The number of aromatic nitrogens is 2. The second kappa shape index (κ2) is 5.66. The van der Waals surface area contributed by atoms with Crippen molar-refractivity contribution in [3.63, 3.8) is 0 Å². The van der Waals surface area contributed by atoms with Crippen molar-refractivity contribution >= 4 is 17.4 Å². The summed E-state index contributed by atoms with van der Waals surface area (Å²) in [5.41, 5.74) is 2.62. The molecular weight excluding hydrogens is 302 g/mol. The van der Waals surface area contributed by atoms with Crippen molar-refractivity contribution in [2.45, 2.75) is 6.04 Å². The molecule has 3 heterocycles. The number of nitrogens with one attached hydrogen (secondary N) is 1. The van der Waals surface area contributed by atoms with Gasteiger partial charge >= 0.3 is 0 Å². The molecule has 1 aromatic carbocycles. The van der Waals surface area contributed by atoms with Gasteiger partial charge in [-0.05, 0) is 24.3 Å². The Bertz CT molecular complexity index is 896. The van der Waals surface area contributed by atoms with E-state index in [-0.39, 0.29) is 6.04 Å². The van der Waals surface area contributed by atoms with E-state index in [2.05, 4.69) is 31.4 Å². The van der Waals surface area contributed by atoms with Gasteiger partial charge in [-0.2, -0.15) is 10.4 Å². The second-order valence-corrected chi connectivity index (χ2v) is 5.62. The number of aliphatic imine (C=N–C) groups is 2. The third kappa shape index (κ3) is 2.44.